The molecule has 0 fully saturated rings. The minimum absolute atomic E-state index is 0. The van der Waals surface area contributed by atoms with Crippen LogP contribution in [0.4, 0.5) is 0 Å². The van der Waals surface area contributed by atoms with Crippen LogP contribution in [0.1, 0.15) is 78.1 Å². The molecule has 0 saturated carbocycles. The summed E-state index contributed by atoms with van der Waals surface area (Å²) < 4.78 is 0. The van der Waals surface area contributed by atoms with E-state index < -0.39 is 11.9 Å². The van der Waals surface area contributed by atoms with Gasteiger partial charge in [0, 0.05) is 25.0 Å². The summed E-state index contributed by atoms with van der Waals surface area (Å²) >= 11 is 0. The molecule has 0 radical (unpaired) electrons. The maximum absolute atomic E-state index is 10.5. The summed E-state index contributed by atoms with van der Waals surface area (Å²) in [6.45, 7) is 5.96. The van der Waals surface area contributed by atoms with Gasteiger partial charge in [0.05, 0.1) is 0 Å². The second-order valence-electron chi connectivity index (χ2n) is 6.74. The quantitative estimate of drug-likeness (QED) is 0.201. The van der Waals surface area contributed by atoms with Crippen LogP contribution < -0.4 is 69.3 Å². The monoisotopic (exact) mass is 373 g/mol. The zero-order valence-corrected chi connectivity index (χ0v) is 20.8. The van der Waals surface area contributed by atoms with Crippen molar-refractivity contribution in [2.45, 2.75) is 78.1 Å². The molecule has 7 heteroatoms. The topological polar surface area (TPSA) is 83.5 Å². The predicted octanol–water partition coefficient (Wildman–Crippen LogP) is -4.65. The largest absolute Gasteiger partial charge is 1.00 e. The summed E-state index contributed by atoms with van der Waals surface area (Å²) in [4.78, 5) is 22.9. The third-order valence-electron chi connectivity index (χ3n) is 4.02. The Hall–Kier alpha value is 0.900. The van der Waals surface area contributed by atoms with Crippen molar-refractivity contribution >= 4 is 11.9 Å². The van der Waals surface area contributed by atoms with Crippen LogP contribution in [-0.4, -0.2) is 36.5 Å². The molecule has 0 aromatic rings. The Morgan fingerprint density at radius 3 is 1.52 bits per heavy atom. The molecule has 0 spiro atoms. The van der Waals surface area contributed by atoms with Gasteiger partial charge in [-0.3, -0.25) is 0 Å². The fraction of sp³-hybridized carbons (Fsp3) is 0.889. The van der Waals surface area contributed by atoms with Gasteiger partial charge in [0.2, 0.25) is 0 Å². The van der Waals surface area contributed by atoms with E-state index in [0.717, 1.165) is 25.3 Å². The molecule has 0 bridgehead atoms. The Morgan fingerprint density at radius 1 is 0.720 bits per heavy atom. The molecular weight excluding hydrogens is 340 g/mol. The number of hydrogen-bond acceptors (Lipinski definition) is 5. The van der Waals surface area contributed by atoms with Crippen molar-refractivity contribution < 1.29 is 78.9 Å². The number of unbranched alkanes of at least 4 members (excludes halogenated alkanes) is 6. The number of carboxylic acids is 2. The number of rotatable bonds is 16. The fourth-order valence-electron chi connectivity index (χ4n) is 2.61. The summed E-state index contributed by atoms with van der Waals surface area (Å²) in [7, 11) is 0. The Labute approximate surface area is 197 Å². The second-order valence-corrected chi connectivity index (χ2v) is 6.74. The van der Waals surface area contributed by atoms with E-state index in [1.54, 1.807) is 0 Å². The average molecular weight is 373 g/mol. The number of aliphatic carboxylic acids is 2. The van der Waals surface area contributed by atoms with Gasteiger partial charge in [-0.1, -0.05) is 58.8 Å². The first-order valence-electron chi connectivity index (χ1n) is 9.04. The van der Waals surface area contributed by atoms with E-state index in [1.807, 2.05) is 4.90 Å². The summed E-state index contributed by atoms with van der Waals surface area (Å²) in [5, 5.41) is 21.0. The molecule has 136 valence electrons. The van der Waals surface area contributed by atoms with Crippen LogP contribution in [0.15, 0.2) is 0 Å². The van der Waals surface area contributed by atoms with Crippen molar-refractivity contribution in [1.82, 2.24) is 4.90 Å². The van der Waals surface area contributed by atoms with Gasteiger partial charge in [-0.05, 0) is 31.7 Å². The standard InChI is InChI=1S/C18H35NO4.2Na/c1-16(2)10-8-6-4-3-5-7-9-13-19(14-11-17(20)21)15-12-18(22)23;;/h16H,3-15H2,1-2H3,(H,20,21)(H,22,23);;/q;2*+1/p-2. The van der Waals surface area contributed by atoms with Crippen molar-refractivity contribution in [2.24, 2.45) is 5.92 Å². The molecule has 0 rings (SSSR count). The van der Waals surface area contributed by atoms with Crippen LogP contribution in [0, 0.1) is 5.92 Å². The van der Waals surface area contributed by atoms with E-state index in [1.165, 1.54) is 38.5 Å². The van der Waals surface area contributed by atoms with Crippen molar-refractivity contribution in [3.8, 4) is 0 Å². The Balaban J connectivity index is -0.00000242. The molecule has 0 N–H and O–H groups in total. The molecule has 0 amide bonds. The Morgan fingerprint density at radius 2 is 1.12 bits per heavy atom. The van der Waals surface area contributed by atoms with E-state index in [-0.39, 0.29) is 72.0 Å². The SMILES string of the molecule is CC(C)CCCCCCCCCN(CCC(=O)[O-])CCC(=O)[O-].[Na+].[Na+]. The average Bonchev–Trinajstić information content (AvgIpc) is 2.46. The summed E-state index contributed by atoms with van der Waals surface area (Å²) in [5.74, 6) is -1.39. The smallest absolute Gasteiger partial charge is 0.550 e. The minimum Gasteiger partial charge on any atom is -0.550 e. The van der Waals surface area contributed by atoms with Crippen LogP contribution >= 0.6 is 0 Å². The molecule has 25 heavy (non-hydrogen) atoms. The van der Waals surface area contributed by atoms with Gasteiger partial charge in [0.25, 0.3) is 0 Å². The van der Waals surface area contributed by atoms with Crippen molar-refractivity contribution in [1.29, 1.82) is 0 Å². The van der Waals surface area contributed by atoms with Crippen LogP contribution in [-0.2, 0) is 9.59 Å². The maximum atomic E-state index is 10.5. The Bertz CT molecular complexity index is 310. The van der Waals surface area contributed by atoms with Gasteiger partial charge in [0.15, 0.2) is 0 Å². The van der Waals surface area contributed by atoms with E-state index >= 15 is 0 Å². The fourth-order valence-corrected chi connectivity index (χ4v) is 2.61. The maximum Gasteiger partial charge on any atom is 1.00 e. The zero-order valence-electron chi connectivity index (χ0n) is 16.8. The molecule has 0 atom stereocenters. The van der Waals surface area contributed by atoms with Crippen LogP contribution in [0.2, 0.25) is 0 Å². The van der Waals surface area contributed by atoms with E-state index in [2.05, 4.69) is 13.8 Å². The summed E-state index contributed by atoms with van der Waals surface area (Å²) in [6.07, 6.45) is 9.64. The van der Waals surface area contributed by atoms with Crippen molar-refractivity contribution in [3.05, 3.63) is 0 Å². The van der Waals surface area contributed by atoms with Gasteiger partial charge >= 0.3 is 59.1 Å². The van der Waals surface area contributed by atoms with Gasteiger partial charge in [-0.2, -0.15) is 0 Å². The number of carbonyl (C=O) groups is 2. The molecule has 0 aliphatic rings. The summed E-state index contributed by atoms with van der Waals surface area (Å²) in [5.41, 5.74) is 0. The third-order valence-corrected chi connectivity index (χ3v) is 4.02. The molecule has 0 aromatic carbocycles. The number of nitrogens with zero attached hydrogens (tertiary/aromatic N) is 1. The molecule has 0 heterocycles. The Kier molecular flexibility index (Phi) is 26.0. The molecule has 0 aliphatic carbocycles. The molecule has 0 unspecified atom stereocenters. The number of carbonyl (C=O) groups excluding carboxylic acids is 2. The first-order valence-corrected chi connectivity index (χ1v) is 9.04. The molecule has 0 saturated heterocycles. The van der Waals surface area contributed by atoms with E-state index in [9.17, 15) is 19.8 Å². The molecular formula is C18H33NNa2O4. The summed E-state index contributed by atoms with van der Waals surface area (Å²) in [6, 6.07) is 0. The second kappa shape index (κ2) is 21.2. The predicted molar refractivity (Wildman–Crippen MR) is 87.5 cm³/mol. The minimum atomic E-state index is -1.09. The third kappa shape index (κ3) is 24.9. The van der Waals surface area contributed by atoms with Gasteiger partial charge in [-0.25, -0.2) is 0 Å². The normalized spacial score (nSPS) is 10.4. The van der Waals surface area contributed by atoms with Crippen molar-refractivity contribution in [3.63, 3.8) is 0 Å². The van der Waals surface area contributed by atoms with Crippen LogP contribution in [0.3, 0.4) is 0 Å². The number of carboxylic acid groups (broad SMARTS) is 2. The van der Waals surface area contributed by atoms with Crippen LogP contribution in [0.5, 0.6) is 0 Å². The van der Waals surface area contributed by atoms with Gasteiger partial charge in [0.1, 0.15) is 0 Å². The first-order chi connectivity index (χ1) is 10.9. The number of hydrogen-bond donors (Lipinski definition) is 0. The van der Waals surface area contributed by atoms with E-state index in [0.29, 0.717) is 13.1 Å². The molecule has 5 nitrogen and oxygen atoms in total. The zero-order chi connectivity index (χ0) is 17.5. The van der Waals surface area contributed by atoms with Gasteiger partial charge < -0.3 is 24.7 Å². The van der Waals surface area contributed by atoms with Crippen LogP contribution in [0.25, 0.3) is 0 Å². The molecule has 0 aromatic heterocycles. The van der Waals surface area contributed by atoms with Gasteiger partial charge in [-0.15, -0.1) is 0 Å². The van der Waals surface area contributed by atoms with Crippen molar-refractivity contribution in [2.75, 3.05) is 19.6 Å². The van der Waals surface area contributed by atoms with E-state index in [4.69, 9.17) is 0 Å². The first kappa shape index (κ1) is 30.6. The molecule has 0 aliphatic heterocycles.